The summed E-state index contributed by atoms with van der Waals surface area (Å²) < 4.78 is 5.55. The summed E-state index contributed by atoms with van der Waals surface area (Å²) in [5.74, 6) is 0.788. The minimum absolute atomic E-state index is 0.153. The first kappa shape index (κ1) is 18.4. The number of pyridine rings is 1. The number of anilines is 1. The van der Waals surface area contributed by atoms with E-state index in [1.807, 2.05) is 42.5 Å². The van der Waals surface area contributed by atoms with Gasteiger partial charge in [-0.1, -0.05) is 36.4 Å². The van der Waals surface area contributed by atoms with Crippen LogP contribution >= 0.6 is 0 Å². The minimum Gasteiger partial charge on any atom is -0.375 e. The van der Waals surface area contributed by atoms with Crippen molar-refractivity contribution in [3.63, 3.8) is 0 Å². The predicted octanol–water partition coefficient (Wildman–Crippen LogP) is 1.49. The Morgan fingerprint density at radius 1 is 1.31 bits per heavy atom. The number of morpholine rings is 1. The summed E-state index contributed by atoms with van der Waals surface area (Å²) in [6, 6.07) is 13.2. The predicted molar refractivity (Wildman–Crippen MR) is 102 cm³/mol. The average molecular weight is 354 g/mol. The van der Waals surface area contributed by atoms with Crippen LogP contribution in [-0.2, 0) is 22.5 Å². The highest BCUT2D eigenvalue weighted by Gasteiger charge is 2.18. The Bertz CT molecular complexity index is 706. The monoisotopic (exact) mass is 354 g/mol. The molecule has 1 aliphatic rings. The number of aromatic nitrogens is 1. The summed E-state index contributed by atoms with van der Waals surface area (Å²) in [6.07, 6.45) is 2.55. The maximum Gasteiger partial charge on any atom is 0.237 e. The van der Waals surface area contributed by atoms with Gasteiger partial charge in [-0.25, -0.2) is 4.98 Å². The molecule has 0 spiro atoms. The lowest BCUT2D eigenvalue weighted by Crippen LogP contribution is -2.42. The van der Waals surface area contributed by atoms with Gasteiger partial charge in [0.15, 0.2) is 0 Å². The summed E-state index contributed by atoms with van der Waals surface area (Å²) in [7, 11) is 0. The third-order valence-electron chi connectivity index (χ3n) is 4.48. The van der Waals surface area contributed by atoms with Crippen LogP contribution in [0.4, 0.5) is 5.82 Å². The molecule has 1 aromatic carbocycles. The van der Waals surface area contributed by atoms with Crippen molar-refractivity contribution in [1.82, 2.24) is 10.3 Å². The summed E-state index contributed by atoms with van der Waals surface area (Å²) in [5.41, 5.74) is 8.01. The van der Waals surface area contributed by atoms with Gasteiger partial charge in [-0.05, 0) is 30.5 Å². The maximum absolute atomic E-state index is 12.2. The lowest BCUT2D eigenvalue weighted by molar-refractivity contribution is -0.122. The zero-order valence-corrected chi connectivity index (χ0v) is 15.1. The number of nitrogens with one attached hydrogen (secondary N) is 1. The molecular weight excluding hydrogens is 328 g/mol. The maximum atomic E-state index is 12.2. The van der Waals surface area contributed by atoms with Gasteiger partial charge in [0, 0.05) is 25.8 Å². The van der Waals surface area contributed by atoms with E-state index in [2.05, 4.69) is 22.1 Å². The smallest absolute Gasteiger partial charge is 0.237 e. The van der Waals surface area contributed by atoms with Crippen molar-refractivity contribution in [3.8, 4) is 0 Å². The van der Waals surface area contributed by atoms with Gasteiger partial charge >= 0.3 is 0 Å². The molecule has 6 heteroatoms. The Balaban J connectivity index is 1.49. The number of rotatable bonds is 6. The number of amides is 1. The first-order valence-electron chi connectivity index (χ1n) is 9.00. The molecule has 0 saturated carbocycles. The van der Waals surface area contributed by atoms with Crippen molar-refractivity contribution in [2.75, 3.05) is 24.6 Å². The fraction of sp³-hybridized carbons (Fsp3) is 0.400. The number of nitrogens with zero attached hydrogens (tertiary/aromatic N) is 2. The van der Waals surface area contributed by atoms with Gasteiger partial charge in [0.25, 0.3) is 0 Å². The van der Waals surface area contributed by atoms with Crippen molar-refractivity contribution in [1.29, 1.82) is 0 Å². The molecule has 0 aliphatic carbocycles. The Morgan fingerprint density at radius 3 is 2.81 bits per heavy atom. The van der Waals surface area contributed by atoms with E-state index in [4.69, 9.17) is 10.5 Å². The van der Waals surface area contributed by atoms with Crippen LogP contribution in [-0.4, -0.2) is 42.7 Å². The van der Waals surface area contributed by atoms with E-state index in [-0.39, 0.29) is 12.0 Å². The lowest BCUT2D eigenvalue weighted by atomic mass is 10.1. The number of hydrogen-bond acceptors (Lipinski definition) is 5. The summed E-state index contributed by atoms with van der Waals surface area (Å²) >= 11 is 0. The fourth-order valence-electron chi connectivity index (χ4n) is 3.02. The zero-order chi connectivity index (χ0) is 18.4. The molecule has 138 valence electrons. The third-order valence-corrected chi connectivity index (χ3v) is 4.48. The number of nitrogens with two attached hydrogens (primary N) is 1. The van der Waals surface area contributed by atoms with Gasteiger partial charge in [-0.2, -0.15) is 0 Å². The van der Waals surface area contributed by atoms with Gasteiger partial charge in [0.1, 0.15) is 5.82 Å². The van der Waals surface area contributed by atoms with Crippen LogP contribution in [0.1, 0.15) is 18.1 Å². The first-order valence-corrected chi connectivity index (χ1v) is 9.00. The van der Waals surface area contributed by atoms with Crippen LogP contribution in [0.5, 0.6) is 0 Å². The van der Waals surface area contributed by atoms with Crippen LogP contribution in [0.25, 0.3) is 0 Å². The third kappa shape index (κ3) is 5.03. The number of carbonyl (C=O) groups excluding carboxylic acids is 1. The quantitative estimate of drug-likeness (QED) is 0.822. The number of hydrogen-bond donors (Lipinski definition) is 2. The van der Waals surface area contributed by atoms with Gasteiger partial charge < -0.3 is 20.7 Å². The Kier molecular flexibility index (Phi) is 6.20. The van der Waals surface area contributed by atoms with E-state index < -0.39 is 6.04 Å². The topological polar surface area (TPSA) is 80.5 Å². The van der Waals surface area contributed by atoms with Crippen molar-refractivity contribution in [2.45, 2.75) is 32.0 Å². The molecule has 1 saturated heterocycles. The Labute approximate surface area is 154 Å². The molecule has 2 unspecified atom stereocenters. The highest BCUT2D eigenvalue weighted by atomic mass is 16.5. The van der Waals surface area contributed by atoms with E-state index >= 15 is 0 Å². The average Bonchev–Trinajstić information content (AvgIpc) is 2.67. The summed E-state index contributed by atoms with van der Waals surface area (Å²) in [6.45, 7) is 4.90. The fourth-order valence-corrected chi connectivity index (χ4v) is 3.02. The van der Waals surface area contributed by atoms with Crippen LogP contribution < -0.4 is 16.0 Å². The normalized spacial score (nSPS) is 18.4. The molecule has 2 heterocycles. The van der Waals surface area contributed by atoms with Gasteiger partial charge in [0.05, 0.1) is 18.8 Å². The van der Waals surface area contributed by atoms with Crippen LogP contribution in [0.2, 0.25) is 0 Å². The molecule has 1 fully saturated rings. The van der Waals surface area contributed by atoms with Gasteiger partial charge in [-0.3, -0.25) is 4.79 Å². The van der Waals surface area contributed by atoms with Crippen molar-refractivity contribution >= 4 is 11.7 Å². The second kappa shape index (κ2) is 8.78. The SMILES string of the molecule is CC1CN(c2ccc(CNC(=O)C(N)Cc3ccccc3)cn2)CCO1. The van der Waals surface area contributed by atoms with E-state index in [1.165, 1.54) is 0 Å². The van der Waals surface area contributed by atoms with E-state index in [0.717, 1.165) is 36.6 Å². The molecule has 26 heavy (non-hydrogen) atoms. The molecule has 1 aliphatic heterocycles. The van der Waals surface area contributed by atoms with E-state index in [1.54, 1.807) is 6.20 Å². The summed E-state index contributed by atoms with van der Waals surface area (Å²) in [4.78, 5) is 18.9. The molecule has 3 rings (SSSR count). The Hall–Kier alpha value is -2.44. The Morgan fingerprint density at radius 2 is 2.12 bits per heavy atom. The first-order chi connectivity index (χ1) is 12.6. The molecule has 3 N–H and O–H groups in total. The molecule has 0 bridgehead atoms. The molecule has 0 radical (unpaired) electrons. The molecule has 1 aromatic heterocycles. The van der Waals surface area contributed by atoms with Gasteiger partial charge in [-0.15, -0.1) is 0 Å². The van der Waals surface area contributed by atoms with Crippen molar-refractivity contribution < 1.29 is 9.53 Å². The lowest BCUT2D eigenvalue weighted by Gasteiger charge is -2.32. The molecular formula is C20H26N4O2. The molecule has 1 amide bonds. The molecule has 6 nitrogen and oxygen atoms in total. The highest BCUT2D eigenvalue weighted by Crippen LogP contribution is 2.15. The second-order valence-corrected chi connectivity index (χ2v) is 6.67. The van der Waals surface area contributed by atoms with Gasteiger partial charge in [0.2, 0.25) is 5.91 Å². The minimum atomic E-state index is -0.556. The van der Waals surface area contributed by atoms with Crippen molar-refractivity contribution in [3.05, 3.63) is 59.8 Å². The van der Waals surface area contributed by atoms with Crippen molar-refractivity contribution in [2.24, 2.45) is 5.73 Å². The van der Waals surface area contributed by atoms with E-state index in [0.29, 0.717) is 13.0 Å². The summed E-state index contributed by atoms with van der Waals surface area (Å²) in [5, 5.41) is 2.89. The number of ether oxygens (including phenoxy) is 1. The number of carbonyl (C=O) groups is 1. The number of benzene rings is 1. The second-order valence-electron chi connectivity index (χ2n) is 6.67. The highest BCUT2D eigenvalue weighted by molar-refractivity contribution is 5.81. The van der Waals surface area contributed by atoms with Crippen LogP contribution in [0.15, 0.2) is 48.7 Å². The van der Waals surface area contributed by atoms with Crippen LogP contribution in [0.3, 0.4) is 0 Å². The standard InChI is InChI=1S/C20H26N4O2/c1-15-14-24(9-10-26-15)19-8-7-17(12-22-19)13-23-20(25)18(21)11-16-5-3-2-4-6-16/h2-8,12,15,18H,9-11,13-14,21H2,1H3,(H,23,25). The zero-order valence-electron chi connectivity index (χ0n) is 15.1. The van der Waals surface area contributed by atoms with E-state index in [9.17, 15) is 4.79 Å². The molecule has 2 aromatic rings. The molecule has 2 atom stereocenters. The van der Waals surface area contributed by atoms with Crippen LogP contribution in [0, 0.1) is 0 Å². The largest absolute Gasteiger partial charge is 0.375 e.